The number of benzene rings is 2. The van der Waals surface area contributed by atoms with Crippen molar-refractivity contribution in [3.05, 3.63) is 63.0 Å². The van der Waals surface area contributed by atoms with Crippen molar-refractivity contribution < 1.29 is 27.6 Å². The number of halogens is 2. The molecule has 0 aliphatic carbocycles. The van der Waals surface area contributed by atoms with E-state index in [2.05, 4.69) is 41.9 Å². The van der Waals surface area contributed by atoms with Crippen LogP contribution < -0.4 is 15.1 Å². The smallest absolute Gasteiger partial charge is 0.258 e. The van der Waals surface area contributed by atoms with Crippen LogP contribution in [0.2, 0.25) is 0 Å². The van der Waals surface area contributed by atoms with Crippen LogP contribution in [0.5, 0.6) is 0 Å². The molecular formula is C24H29Br2N3O5S. The molecule has 2 aromatic carbocycles. The topological polar surface area (TPSA) is 115 Å². The summed E-state index contributed by atoms with van der Waals surface area (Å²) in [6.07, 6.45) is -0.909. The fraction of sp³-hybridized carbons (Fsp3) is 0.417. The van der Waals surface area contributed by atoms with Gasteiger partial charge >= 0.3 is 0 Å². The highest BCUT2D eigenvalue weighted by molar-refractivity contribution is 9.11. The highest BCUT2D eigenvalue weighted by Crippen LogP contribution is 2.37. The summed E-state index contributed by atoms with van der Waals surface area (Å²) < 4.78 is 29.5. The minimum atomic E-state index is -3.95. The molecule has 35 heavy (non-hydrogen) atoms. The van der Waals surface area contributed by atoms with E-state index in [1.807, 2.05) is 30.3 Å². The van der Waals surface area contributed by atoms with E-state index in [0.717, 1.165) is 5.56 Å². The predicted molar refractivity (Wildman–Crippen MR) is 138 cm³/mol. The van der Waals surface area contributed by atoms with Crippen LogP contribution >= 0.6 is 31.9 Å². The molecule has 1 heterocycles. The zero-order valence-corrected chi connectivity index (χ0v) is 23.7. The molecule has 3 rings (SSSR count). The van der Waals surface area contributed by atoms with Gasteiger partial charge in [0, 0.05) is 15.4 Å². The van der Waals surface area contributed by atoms with Crippen molar-refractivity contribution in [1.82, 2.24) is 10.0 Å². The summed E-state index contributed by atoms with van der Waals surface area (Å²) >= 11 is 6.57. The van der Waals surface area contributed by atoms with Crippen LogP contribution in [0, 0.1) is 0 Å². The summed E-state index contributed by atoms with van der Waals surface area (Å²) in [4.78, 5) is 25.2. The van der Waals surface area contributed by atoms with Gasteiger partial charge in [-0.2, -0.15) is 0 Å². The second kappa shape index (κ2) is 10.7. The van der Waals surface area contributed by atoms with Gasteiger partial charge in [-0.1, -0.05) is 46.3 Å². The Hall–Kier alpha value is -1.79. The van der Waals surface area contributed by atoms with Crippen molar-refractivity contribution in [3.63, 3.8) is 0 Å². The number of quaternary nitrogens is 1. The molecule has 3 atom stereocenters. The van der Waals surface area contributed by atoms with Gasteiger partial charge in [0.2, 0.25) is 15.9 Å². The molecule has 1 saturated heterocycles. The lowest BCUT2D eigenvalue weighted by molar-refractivity contribution is -0.929. The zero-order chi connectivity index (χ0) is 26.0. The Kier molecular flexibility index (Phi) is 8.48. The van der Waals surface area contributed by atoms with E-state index in [9.17, 15) is 23.1 Å². The Balaban J connectivity index is 1.83. The number of hydrogen-bond donors (Lipinski definition) is 2. The van der Waals surface area contributed by atoms with Crippen molar-refractivity contribution in [3.8, 4) is 0 Å². The van der Waals surface area contributed by atoms with Crippen molar-refractivity contribution in [2.45, 2.75) is 56.1 Å². The zero-order valence-electron chi connectivity index (χ0n) is 19.8. The van der Waals surface area contributed by atoms with E-state index >= 15 is 0 Å². The summed E-state index contributed by atoms with van der Waals surface area (Å²) in [5.74, 6) is -0.233. The molecule has 0 saturated carbocycles. The molecule has 0 aromatic heterocycles. The molecule has 8 nitrogen and oxygen atoms in total. The summed E-state index contributed by atoms with van der Waals surface area (Å²) in [6.45, 7) is 5.42. The standard InChI is InChI=1S/C24H29Br2N3O5S/c1-24(2,3)29(23(31)32)15-18(28-35(33,34)21-12-17(25)9-10-20(21)26)13-19(29)14-27-22(30)11-16-7-5-4-6-8-16/h4-10,12,18-19,28H,11,13-15H2,1-3H3,(H-,27,30,31,32)/t18-,19-,29?/m1/s1. The van der Waals surface area contributed by atoms with Crippen LogP contribution in [0.3, 0.4) is 0 Å². The lowest BCUT2D eigenvalue weighted by Crippen LogP contribution is -2.71. The van der Waals surface area contributed by atoms with E-state index < -0.39 is 38.2 Å². The highest BCUT2D eigenvalue weighted by atomic mass is 79.9. The number of carbonyl (C=O) groups is 2. The largest absolute Gasteiger partial charge is 0.498 e. The maximum atomic E-state index is 13.2. The highest BCUT2D eigenvalue weighted by Gasteiger charge is 2.56. The third-order valence-corrected chi connectivity index (χ3v) is 9.47. The van der Waals surface area contributed by atoms with Gasteiger partial charge in [0.05, 0.1) is 29.4 Å². The van der Waals surface area contributed by atoms with Crippen molar-refractivity contribution in [2.24, 2.45) is 0 Å². The maximum absolute atomic E-state index is 13.2. The average Bonchev–Trinajstić information content (AvgIpc) is 3.13. The molecular weight excluding hydrogens is 602 g/mol. The first-order chi connectivity index (χ1) is 16.3. The van der Waals surface area contributed by atoms with Gasteiger partial charge in [0.15, 0.2) is 0 Å². The van der Waals surface area contributed by atoms with Crippen molar-refractivity contribution in [1.29, 1.82) is 0 Å². The molecule has 0 bridgehead atoms. The van der Waals surface area contributed by atoms with Crippen LogP contribution in [0.15, 0.2) is 62.4 Å². The molecule has 2 aromatic rings. The minimum Gasteiger partial charge on any atom is -0.498 e. The number of nitrogens with one attached hydrogen (secondary N) is 2. The van der Waals surface area contributed by atoms with E-state index in [-0.39, 0.29) is 36.7 Å². The monoisotopic (exact) mass is 629 g/mol. The maximum Gasteiger partial charge on any atom is 0.258 e. The Morgan fingerprint density at radius 2 is 1.77 bits per heavy atom. The normalized spacial score (nSPS) is 22.7. The fourth-order valence-electron chi connectivity index (χ4n) is 4.76. The Bertz CT molecular complexity index is 1200. The molecule has 11 heteroatoms. The van der Waals surface area contributed by atoms with E-state index in [0.29, 0.717) is 8.95 Å². The third kappa shape index (κ3) is 6.14. The number of likely N-dealkylation sites (tertiary alicyclic amines) is 1. The van der Waals surface area contributed by atoms with Crippen LogP contribution in [-0.2, 0) is 21.2 Å². The summed E-state index contributed by atoms with van der Waals surface area (Å²) in [6, 6.07) is 12.8. The fourth-order valence-corrected chi connectivity index (χ4v) is 7.51. The predicted octanol–water partition coefficient (Wildman–Crippen LogP) is 2.95. The molecule has 190 valence electrons. The van der Waals surface area contributed by atoms with Crippen molar-refractivity contribution >= 4 is 53.9 Å². The van der Waals surface area contributed by atoms with E-state index in [1.165, 1.54) is 6.07 Å². The Labute approximate surface area is 223 Å². The molecule has 1 unspecified atom stereocenters. The van der Waals surface area contributed by atoms with Crippen LogP contribution in [0.4, 0.5) is 4.79 Å². The molecule has 1 aliphatic heterocycles. The summed E-state index contributed by atoms with van der Waals surface area (Å²) in [5, 5.41) is 15.4. The number of carboxylic acid groups (broad SMARTS) is 1. The molecule has 1 aliphatic rings. The van der Waals surface area contributed by atoms with Crippen molar-refractivity contribution in [2.75, 3.05) is 13.1 Å². The number of amides is 2. The quantitative estimate of drug-likeness (QED) is 0.457. The lowest BCUT2D eigenvalue weighted by Gasteiger charge is -2.49. The first-order valence-corrected chi connectivity index (χ1v) is 14.2. The van der Waals surface area contributed by atoms with Gasteiger partial charge in [-0.3, -0.25) is 9.28 Å². The molecule has 0 radical (unpaired) electrons. The molecule has 2 N–H and O–H groups in total. The van der Waals surface area contributed by atoms with E-state index in [4.69, 9.17) is 0 Å². The average molecular weight is 631 g/mol. The number of sulfonamides is 1. The van der Waals surface area contributed by atoms with Crippen LogP contribution in [-0.4, -0.2) is 55.6 Å². The summed E-state index contributed by atoms with van der Waals surface area (Å²) in [7, 11) is -3.95. The van der Waals surface area contributed by atoms with Gasteiger partial charge in [0.25, 0.3) is 6.09 Å². The first kappa shape index (κ1) is 27.8. The SMILES string of the molecule is CC(C)(C)[N+]1(C(=O)[O-])C[C@H](NS(=O)(=O)c2cc(Br)ccc2Br)C[C@@H]1CNC(=O)Cc1ccccc1. The van der Waals surface area contributed by atoms with Crippen LogP contribution in [0.1, 0.15) is 32.8 Å². The number of nitrogens with zero attached hydrogens (tertiary/aromatic N) is 1. The van der Waals surface area contributed by atoms with Gasteiger partial charge in [-0.15, -0.1) is 0 Å². The van der Waals surface area contributed by atoms with E-state index in [1.54, 1.807) is 32.9 Å². The van der Waals surface area contributed by atoms with Gasteiger partial charge in [-0.25, -0.2) is 13.1 Å². The molecule has 0 spiro atoms. The second-order valence-electron chi connectivity index (χ2n) is 9.74. The second-order valence-corrected chi connectivity index (χ2v) is 13.2. The van der Waals surface area contributed by atoms with Crippen LogP contribution in [0.25, 0.3) is 0 Å². The lowest BCUT2D eigenvalue weighted by atomic mass is 9.99. The Morgan fingerprint density at radius 3 is 2.37 bits per heavy atom. The number of rotatable bonds is 7. The van der Waals surface area contributed by atoms with Gasteiger partial charge in [-0.05, 0) is 60.5 Å². The first-order valence-electron chi connectivity index (χ1n) is 11.1. The third-order valence-electron chi connectivity index (χ3n) is 6.46. The minimum absolute atomic E-state index is 0.00406. The number of carbonyl (C=O) groups excluding carboxylic acids is 2. The molecule has 2 amide bonds. The molecule has 1 fully saturated rings. The Morgan fingerprint density at radius 1 is 1.11 bits per heavy atom. The number of hydrogen-bond acceptors (Lipinski definition) is 5. The summed E-state index contributed by atoms with van der Waals surface area (Å²) in [5.41, 5.74) is 0.0441. The van der Waals surface area contributed by atoms with Gasteiger partial charge < -0.3 is 15.2 Å². The van der Waals surface area contributed by atoms with Gasteiger partial charge in [0.1, 0.15) is 12.6 Å².